The van der Waals surface area contributed by atoms with Crippen LogP contribution in [0.4, 0.5) is 0 Å². The van der Waals surface area contributed by atoms with Gasteiger partial charge < -0.3 is 9.26 Å². The van der Waals surface area contributed by atoms with Crippen molar-refractivity contribution in [1.82, 2.24) is 10.1 Å². The summed E-state index contributed by atoms with van der Waals surface area (Å²) in [6.07, 6.45) is 5.04. The van der Waals surface area contributed by atoms with E-state index in [-0.39, 0.29) is 17.0 Å². The third kappa shape index (κ3) is 3.96. The van der Waals surface area contributed by atoms with Crippen LogP contribution in [0.15, 0.2) is 35.0 Å². The van der Waals surface area contributed by atoms with Gasteiger partial charge in [0.25, 0.3) is 0 Å². The maximum atomic E-state index is 6.04. The van der Waals surface area contributed by atoms with Gasteiger partial charge in [-0.25, -0.2) is 0 Å². The Balaban J connectivity index is 0.00000192. The second-order valence-corrected chi connectivity index (χ2v) is 5.86. The molecule has 1 unspecified atom stereocenters. The van der Waals surface area contributed by atoms with Crippen LogP contribution in [0.5, 0.6) is 5.75 Å². The van der Waals surface area contributed by atoms with E-state index in [4.69, 9.17) is 9.26 Å². The predicted octanol–water partition coefficient (Wildman–Crippen LogP) is 4.35. The molecule has 3 rings (SSSR count). The molecule has 0 spiro atoms. The molecule has 1 aromatic heterocycles. The highest BCUT2D eigenvalue weighted by Crippen LogP contribution is 2.35. The minimum absolute atomic E-state index is 0. The van der Waals surface area contributed by atoms with Crippen molar-refractivity contribution in [2.45, 2.75) is 39.2 Å². The number of hydrogen-bond donors (Lipinski definition) is 0. The van der Waals surface area contributed by atoms with Gasteiger partial charge in [-0.1, -0.05) is 31.1 Å². The largest absolute Gasteiger partial charge is 0.492 e. The van der Waals surface area contributed by atoms with Gasteiger partial charge in [0.05, 0.1) is 6.20 Å². The maximum absolute atomic E-state index is 6.04. The van der Waals surface area contributed by atoms with Gasteiger partial charge in [-0.05, 0) is 38.4 Å². The van der Waals surface area contributed by atoms with Gasteiger partial charge in [-0.15, -0.1) is 17.0 Å². The second kappa shape index (κ2) is 8.50. The minimum Gasteiger partial charge on any atom is -0.492 e. The van der Waals surface area contributed by atoms with E-state index in [1.54, 1.807) is 6.20 Å². The number of aromatic nitrogens is 1. The molecule has 5 heteroatoms. The van der Waals surface area contributed by atoms with Gasteiger partial charge in [0.15, 0.2) is 5.76 Å². The van der Waals surface area contributed by atoms with Crippen LogP contribution in [-0.2, 0) is 6.42 Å². The Morgan fingerprint density at radius 2 is 1.96 bits per heavy atom. The fourth-order valence-corrected chi connectivity index (χ4v) is 3.26. The van der Waals surface area contributed by atoms with Gasteiger partial charge in [-0.3, -0.25) is 4.90 Å². The lowest BCUT2D eigenvalue weighted by Crippen LogP contribution is -2.44. The molecule has 0 aliphatic carbocycles. The second-order valence-electron chi connectivity index (χ2n) is 5.86. The van der Waals surface area contributed by atoms with Crippen LogP contribution in [0.3, 0.4) is 0 Å². The number of benzene rings is 1. The Hall–Kier alpha value is -1.33. The first kappa shape index (κ1) is 18.0. The summed E-state index contributed by atoms with van der Waals surface area (Å²) in [5.74, 6) is 1.80. The molecule has 126 valence electrons. The fourth-order valence-electron chi connectivity index (χ4n) is 3.26. The Labute approximate surface area is 148 Å². The van der Waals surface area contributed by atoms with Crippen LogP contribution < -0.4 is 4.74 Å². The summed E-state index contributed by atoms with van der Waals surface area (Å²) in [4.78, 5) is 2.56. The molecule has 0 saturated heterocycles. The molecular weight excluding hydrogens is 356 g/mol. The highest BCUT2D eigenvalue weighted by atomic mass is 79.9. The summed E-state index contributed by atoms with van der Waals surface area (Å²) >= 11 is 0. The molecule has 0 radical (unpaired) electrons. The van der Waals surface area contributed by atoms with Crippen molar-refractivity contribution < 1.29 is 9.26 Å². The monoisotopic (exact) mass is 380 g/mol. The highest BCUT2D eigenvalue weighted by Gasteiger charge is 2.27. The zero-order valence-corrected chi connectivity index (χ0v) is 15.5. The van der Waals surface area contributed by atoms with Crippen LogP contribution in [0, 0.1) is 0 Å². The summed E-state index contributed by atoms with van der Waals surface area (Å²) in [7, 11) is 0. The Kier molecular flexibility index (Phi) is 6.66. The topological polar surface area (TPSA) is 38.5 Å². The van der Waals surface area contributed by atoms with E-state index in [2.05, 4.69) is 36.0 Å². The van der Waals surface area contributed by atoms with Crippen LogP contribution >= 0.6 is 17.0 Å². The first-order valence-electron chi connectivity index (χ1n) is 8.23. The van der Waals surface area contributed by atoms with Crippen LogP contribution in [0.25, 0.3) is 11.3 Å². The van der Waals surface area contributed by atoms with Crippen molar-refractivity contribution in [3.63, 3.8) is 0 Å². The smallest absolute Gasteiger partial charge is 0.167 e. The van der Waals surface area contributed by atoms with Crippen molar-refractivity contribution in [3.8, 4) is 17.1 Å². The molecule has 1 aliphatic heterocycles. The number of ether oxygens (including phenoxy) is 1. The van der Waals surface area contributed by atoms with E-state index in [0.717, 1.165) is 43.2 Å². The molecule has 23 heavy (non-hydrogen) atoms. The van der Waals surface area contributed by atoms with Gasteiger partial charge in [0.2, 0.25) is 0 Å². The van der Waals surface area contributed by atoms with E-state index in [0.29, 0.717) is 6.04 Å². The maximum Gasteiger partial charge on any atom is 0.167 e. The summed E-state index contributed by atoms with van der Waals surface area (Å²) in [5, 5.41) is 3.83. The van der Waals surface area contributed by atoms with E-state index in [1.165, 1.54) is 18.4 Å². The molecule has 0 fully saturated rings. The summed E-state index contributed by atoms with van der Waals surface area (Å²) in [5.41, 5.74) is 2.35. The van der Waals surface area contributed by atoms with Gasteiger partial charge in [0.1, 0.15) is 12.4 Å². The average molecular weight is 381 g/mol. The molecule has 2 heterocycles. The number of fused-ring (bicyclic) bond motifs is 1. The fraction of sp³-hybridized carbons (Fsp3) is 0.500. The van der Waals surface area contributed by atoms with Crippen molar-refractivity contribution in [2.24, 2.45) is 0 Å². The molecule has 0 amide bonds. The van der Waals surface area contributed by atoms with Crippen LogP contribution in [0.2, 0.25) is 0 Å². The summed E-state index contributed by atoms with van der Waals surface area (Å²) < 4.78 is 11.4. The molecule has 0 bridgehead atoms. The van der Waals surface area contributed by atoms with Gasteiger partial charge in [0, 0.05) is 23.2 Å². The zero-order valence-electron chi connectivity index (χ0n) is 13.8. The zero-order chi connectivity index (χ0) is 15.4. The van der Waals surface area contributed by atoms with Gasteiger partial charge in [-0.2, -0.15) is 0 Å². The third-order valence-corrected chi connectivity index (χ3v) is 4.25. The Morgan fingerprint density at radius 3 is 2.61 bits per heavy atom. The highest BCUT2D eigenvalue weighted by molar-refractivity contribution is 8.93. The molecule has 4 nitrogen and oxygen atoms in total. The molecule has 0 saturated carbocycles. The summed E-state index contributed by atoms with van der Waals surface area (Å²) in [6.45, 7) is 7.50. The molecular formula is C18H25BrN2O2. The molecule has 1 aromatic carbocycles. The van der Waals surface area contributed by atoms with Gasteiger partial charge >= 0.3 is 0 Å². The van der Waals surface area contributed by atoms with E-state index < -0.39 is 0 Å². The first-order valence-corrected chi connectivity index (χ1v) is 8.23. The quantitative estimate of drug-likeness (QED) is 0.746. The Bertz CT molecular complexity index is 595. The summed E-state index contributed by atoms with van der Waals surface area (Å²) in [6, 6.07) is 8.52. The van der Waals surface area contributed by atoms with Crippen molar-refractivity contribution in [3.05, 3.63) is 36.0 Å². The number of rotatable bonds is 6. The molecule has 1 aliphatic rings. The number of nitrogens with zero attached hydrogens (tertiary/aromatic N) is 2. The van der Waals surface area contributed by atoms with Crippen LogP contribution in [-0.4, -0.2) is 35.8 Å². The molecule has 1 atom stereocenters. The SMILES string of the molecule is Br.CCCN(CCC)C1COc2cccc(-c3ccno3)c2C1. The van der Waals surface area contributed by atoms with E-state index in [1.807, 2.05) is 12.1 Å². The van der Waals surface area contributed by atoms with E-state index in [9.17, 15) is 0 Å². The Morgan fingerprint density at radius 1 is 1.17 bits per heavy atom. The predicted molar refractivity (Wildman–Crippen MR) is 97.4 cm³/mol. The normalized spacial score (nSPS) is 16.6. The lowest BCUT2D eigenvalue weighted by atomic mass is 9.95. The lowest BCUT2D eigenvalue weighted by Gasteiger charge is -2.35. The van der Waals surface area contributed by atoms with Crippen molar-refractivity contribution >= 4 is 17.0 Å². The minimum atomic E-state index is 0. The molecule has 2 aromatic rings. The third-order valence-electron chi connectivity index (χ3n) is 4.25. The van der Waals surface area contributed by atoms with Crippen molar-refractivity contribution in [2.75, 3.05) is 19.7 Å². The molecule has 0 N–H and O–H groups in total. The lowest BCUT2D eigenvalue weighted by molar-refractivity contribution is 0.119. The van der Waals surface area contributed by atoms with E-state index >= 15 is 0 Å². The van der Waals surface area contributed by atoms with Crippen molar-refractivity contribution in [1.29, 1.82) is 0 Å². The number of hydrogen-bond acceptors (Lipinski definition) is 4. The standard InChI is InChI=1S/C18H24N2O2.BrH/c1-3-10-20(11-4-2)14-12-16-15(18-8-9-19-22-18)6-5-7-17(16)21-13-14;/h5-9,14H,3-4,10-13H2,1-2H3;1H. The number of halogens is 1. The van der Waals surface area contributed by atoms with Crippen LogP contribution in [0.1, 0.15) is 32.3 Å². The average Bonchev–Trinajstić information content (AvgIpc) is 3.08. The first-order chi connectivity index (χ1) is 10.8.